The van der Waals surface area contributed by atoms with Crippen molar-refractivity contribution >= 4 is 5.97 Å². The molecule has 0 aliphatic heterocycles. The highest BCUT2D eigenvalue weighted by Crippen LogP contribution is 2.08. The van der Waals surface area contributed by atoms with Crippen LogP contribution in [0.1, 0.15) is 39.4 Å². The van der Waals surface area contributed by atoms with Crippen molar-refractivity contribution in [1.29, 1.82) is 0 Å². The van der Waals surface area contributed by atoms with Crippen molar-refractivity contribution in [1.82, 2.24) is 15.5 Å². The molecule has 0 bridgehead atoms. The van der Waals surface area contributed by atoms with E-state index < -0.39 is 5.60 Å². The molecule has 0 amide bonds. The molecular formula is C12H21N3O3. The van der Waals surface area contributed by atoms with Gasteiger partial charge >= 0.3 is 5.97 Å². The van der Waals surface area contributed by atoms with Gasteiger partial charge in [-0.2, -0.15) is 4.98 Å². The van der Waals surface area contributed by atoms with Crippen molar-refractivity contribution in [2.75, 3.05) is 6.54 Å². The Morgan fingerprint density at radius 2 is 2.17 bits per heavy atom. The van der Waals surface area contributed by atoms with E-state index >= 15 is 0 Å². The smallest absolute Gasteiger partial charge is 0.323 e. The van der Waals surface area contributed by atoms with Crippen LogP contribution in [-0.4, -0.2) is 34.3 Å². The fourth-order valence-electron chi connectivity index (χ4n) is 1.31. The van der Waals surface area contributed by atoms with Crippen LogP contribution in [0.4, 0.5) is 0 Å². The first-order valence-electron chi connectivity index (χ1n) is 6.03. The summed E-state index contributed by atoms with van der Waals surface area (Å²) in [7, 11) is 0. The predicted octanol–water partition coefficient (Wildman–Crippen LogP) is 1.24. The number of aromatic nitrogens is 2. The van der Waals surface area contributed by atoms with Crippen molar-refractivity contribution in [3.8, 4) is 0 Å². The van der Waals surface area contributed by atoms with Gasteiger partial charge in [0.1, 0.15) is 11.6 Å². The SMILES string of the molecule is Cc1noc(CCNC(C)C(=O)OC(C)(C)C)n1. The van der Waals surface area contributed by atoms with E-state index in [1.54, 1.807) is 13.8 Å². The van der Waals surface area contributed by atoms with Gasteiger partial charge in [0.2, 0.25) is 5.89 Å². The minimum absolute atomic E-state index is 0.260. The van der Waals surface area contributed by atoms with Crippen LogP contribution in [-0.2, 0) is 16.0 Å². The van der Waals surface area contributed by atoms with Gasteiger partial charge in [-0.05, 0) is 34.6 Å². The zero-order valence-corrected chi connectivity index (χ0v) is 11.6. The zero-order valence-electron chi connectivity index (χ0n) is 11.6. The van der Waals surface area contributed by atoms with E-state index in [1.165, 1.54) is 0 Å². The summed E-state index contributed by atoms with van der Waals surface area (Å²) in [6.45, 7) is 9.66. The molecule has 0 aliphatic carbocycles. The Kier molecular flexibility index (Phi) is 4.84. The number of hydrogen-bond acceptors (Lipinski definition) is 6. The van der Waals surface area contributed by atoms with Gasteiger partial charge in [0.05, 0.1) is 0 Å². The highest BCUT2D eigenvalue weighted by molar-refractivity contribution is 5.75. The molecule has 0 spiro atoms. The van der Waals surface area contributed by atoms with Crippen molar-refractivity contribution in [3.63, 3.8) is 0 Å². The topological polar surface area (TPSA) is 77.2 Å². The second-order valence-electron chi connectivity index (χ2n) is 5.19. The molecule has 18 heavy (non-hydrogen) atoms. The molecule has 1 rings (SSSR count). The average molecular weight is 255 g/mol. The van der Waals surface area contributed by atoms with Gasteiger partial charge < -0.3 is 14.6 Å². The third-order valence-corrected chi connectivity index (χ3v) is 2.12. The number of carbonyl (C=O) groups is 1. The van der Waals surface area contributed by atoms with Crippen molar-refractivity contribution in [2.24, 2.45) is 0 Å². The van der Waals surface area contributed by atoms with Crippen LogP contribution < -0.4 is 5.32 Å². The molecule has 0 saturated heterocycles. The zero-order chi connectivity index (χ0) is 13.8. The predicted molar refractivity (Wildman–Crippen MR) is 66.0 cm³/mol. The molecule has 1 aromatic rings. The summed E-state index contributed by atoms with van der Waals surface area (Å²) in [4.78, 5) is 15.7. The number of esters is 1. The molecule has 6 nitrogen and oxygen atoms in total. The largest absolute Gasteiger partial charge is 0.459 e. The molecule has 0 radical (unpaired) electrons. The number of hydrogen-bond donors (Lipinski definition) is 1. The number of ether oxygens (including phenoxy) is 1. The number of carbonyl (C=O) groups excluding carboxylic acids is 1. The van der Waals surface area contributed by atoms with Gasteiger partial charge in [0.15, 0.2) is 5.82 Å². The second kappa shape index (κ2) is 5.95. The van der Waals surface area contributed by atoms with E-state index in [0.29, 0.717) is 24.7 Å². The molecule has 1 atom stereocenters. The third kappa shape index (κ3) is 5.27. The van der Waals surface area contributed by atoms with E-state index in [4.69, 9.17) is 9.26 Å². The summed E-state index contributed by atoms with van der Waals surface area (Å²) in [5, 5.41) is 6.75. The molecule has 1 N–H and O–H groups in total. The Bertz CT molecular complexity index is 396. The van der Waals surface area contributed by atoms with Gasteiger partial charge in [-0.3, -0.25) is 4.79 Å². The van der Waals surface area contributed by atoms with E-state index in [-0.39, 0.29) is 12.0 Å². The van der Waals surface area contributed by atoms with Crippen molar-refractivity contribution in [2.45, 2.75) is 52.7 Å². The van der Waals surface area contributed by atoms with Crippen LogP contribution >= 0.6 is 0 Å². The standard InChI is InChI=1S/C12H21N3O3/c1-8(11(16)17-12(3,4)5)13-7-6-10-14-9(2)15-18-10/h8,13H,6-7H2,1-5H3. The maximum Gasteiger partial charge on any atom is 0.323 e. The van der Waals surface area contributed by atoms with Gasteiger partial charge in [0.25, 0.3) is 0 Å². The minimum Gasteiger partial charge on any atom is -0.459 e. The van der Waals surface area contributed by atoms with E-state index in [0.717, 1.165) is 0 Å². The quantitative estimate of drug-likeness (QED) is 0.798. The van der Waals surface area contributed by atoms with Crippen LogP contribution in [0.3, 0.4) is 0 Å². The van der Waals surface area contributed by atoms with Gasteiger partial charge in [0, 0.05) is 13.0 Å². The lowest BCUT2D eigenvalue weighted by molar-refractivity contribution is -0.156. The fraction of sp³-hybridized carbons (Fsp3) is 0.750. The lowest BCUT2D eigenvalue weighted by Crippen LogP contribution is -2.40. The molecule has 6 heteroatoms. The molecule has 1 unspecified atom stereocenters. The first kappa shape index (κ1) is 14.6. The highest BCUT2D eigenvalue weighted by atomic mass is 16.6. The summed E-state index contributed by atoms with van der Waals surface area (Å²) >= 11 is 0. The first-order valence-corrected chi connectivity index (χ1v) is 6.03. The number of aryl methyl sites for hydroxylation is 1. The Hall–Kier alpha value is -1.43. The molecule has 0 aliphatic rings. The van der Waals surface area contributed by atoms with E-state index in [9.17, 15) is 4.79 Å². The first-order chi connectivity index (χ1) is 8.28. The van der Waals surface area contributed by atoms with Crippen LogP contribution in [0.5, 0.6) is 0 Å². The number of nitrogens with one attached hydrogen (secondary N) is 1. The number of rotatable bonds is 5. The van der Waals surface area contributed by atoms with Crippen LogP contribution in [0.2, 0.25) is 0 Å². The number of nitrogens with zero attached hydrogens (tertiary/aromatic N) is 2. The molecule has 0 fully saturated rings. The van der Waals surface area contributed by atoms with Crippen molar-refractivity contribution in [3.05, 3.63) is 11.7 Å². The molecular weight excluding hydrogens is 234 g/mol. The third-order valence-electron chi connectivity index (χ3n) is 2.12. The molecule has 0 aromatic carbocycles. The highest BCUT2D eigenvalue weighted by Gasteiger charge is 2.21. The fourth-order valence-corrected chi connectivity index (χ4v) is 1.31. The molecule has 1 aromatic heterocycles. The van der Waals surface area contributed by atoms with E-state index in [1.807, 2.05) is 20.8 Å². The normalized spacial score (nSPS) is 13.4. The Labute approximate surface area is 107 Å². The Balaban J connectivity index is 2.28. The van der Waals surface area contributed by atoms with Gasteiger partial charge in [-0.15, -0.1) is 0 Å². The lowest BCUT2D eigenvalue weighted by Gasteiger charge is -2.22. The van der Waals surface area contributed by atoms with Crippen LogP contribution in [0.15, 0.2) is 4.52 Å². The summed E-state index contributed by atoms with van der Waals surface area (Å²) in [6.07, 6.45) is 0.591. The Morgan fingerprint density at radius 1 is 1.50 bits per heavy atom. The monoisotopic (exact) mass is 255 g/mol. The molecule has 0 saturated carbocycles. The summed E-state index contributed by atoms with van der Waals surface area (Å²) in [5.41, 5.74) is -0.462. The van der Waals surface area contributed by atoms with Gasteiger partial charge in [-0.1, -0.05) is 5.16 Å². The maximum absolute atomic E-state index is 11.7. The lowest BCUT2D eigenvalue weighted by atomic mass is 10.2. The molecule has 1 heterocycles. The van der Waals surface area contributed by atoms with Crippen LogP contribution in [0.25, 0.3) is 0 Å². The van der Waals surface area contributed by atoms with Gasteiger partial charge in [-0.25, -0.2) is 0 Å². The summed E-state index contributed by atoms with van der Waals surface area (Å²) in [6, 6.07) is -0.353. The average Bonchev–Trinajstić information content (AvgIpc) is 2.61. The summed E-state index contributed by atoms with van der Waals surface area (Å²) in [5.74, 6) is 0.922. The van der Waals surface area contributed by atoms with Crippen molar-refractivity contribution < 1.29 is 14.1 Å². The second-order valence-corrected chi connectivity index (χ2v) is 5.19. The molecule has 102 valence electrons. The minimum atomic E-state index is -0.462. The maximum atomic E-state index is 11.7. The van der Waals surface area contributed by atoms with E-state index in [2.05, 4.69) is 15.5 Å². The van der Waals surface area contributed by atoms with Crippen LogP contribution in [0, 0.1) is 6.92 Å². The Morgan fingerprint density at radius 3 is 2.67 bits per heavy atom. The summed E-state index contributed by atoms with van der Waals surface area (Å²) < 4.78 is 10.2.